The van der Waals surface area contributed by atoms with Crippen LogP contribution in [0.4, 0.5) is 14.5 Å². The van der Waals surface area contributed by atoms with Gasteiger partial charge in [0.05, 0.1) is 6.54 Å². The van der Waals surface area contributed by atoms with E-state index in [1.54, 1.807) is 0 Å². The quantitative estimate of drug-likeness (QED) is 0.736. The number of unbranched alkanes of at least 4 members (excludes halogenated alkanes) is 2. The van der Waals surface area contributed by atoms with Gasteiger partial charge in [-0.05, 0) is 18.6 Å². The standard InChI is InChI=1S/C13H18F2N2O/c1-2-3-4-7-16-13(18)9-17-10-5-6-11(14)12(15)8-10/h5-6,8,17H,2-4,7,9H2,1H3,(H,16,18). The molecule has 1 rings (SSSR count). The van der Waals surface area contributed by atoms with Crippen LogP contribution in [0.25, 0.3) is 0 Å². The van der Waals surface area contributed by atoms with Crippen LogP contribution in [0.1, 0.15) is 26.2 Å². The van der Waals surface area contributed by atoms with Gasteiger partial charge in [-0.1, -0.05) is 19.8 Å². The Kier molecular flexibility index (Phi) is 6.11. The van der Waals surface area contributed by atoms with Crippen molar-refractivity contribution in [2.45, 2.75) is 26.2 Å². The molecule has 0 aliphatic rings. The van der Waals surface area contributed by atoms with Gasteiger partial charge in [-0.15, -0.1) is 0 Å². The summed E-state index contributed by atoms with van der Waals surface area (Å²) in [6.07, 6.45) is 3.13. The Morgan fingerprint density at radius 2 is 2.00 bits per heavy atom. The van der Waals surface area contributed by atoms with Gasteiger partial charge in [0.1, 0.15) is 0 Å². The summed E-state index contributed by atoms with van der Waals surface area (Å²) in [5, 5.41) is 5.48. The maximum atomic E-state index is 12.9. The van der Waals surface area contributed by atoms with Crippen molar-refractivity contribution >= 4 is 11.6 Å². The predicted octanol–water partition coefficient (Wildman–Crippen LogP) is 2.68. The van der Waals surface area contributed by atoms with E-state index >= 15 is 0 Å². The van der Waals surface area contributed by atoms with E-state index in [0.717, 1.165) is 31.4 Å². The molecule has 100 valence electrons. The minimum Gasteiger partial charge on any atom is -0.376 e. The molecule has 0 saturated heterocycles. The van der Waals surface area contributed by atoms with Crippen molar-refractivity contribution in [2.24, 2.45) is 0 Å². The number of anilines is 1. The van der Waals surface area contributed by atoms with Crippen LogP contribution in [-0.4, -0.2) is 19.0 Å². The average molecular weight is 256 g/mol. The summed E-state index contributed by atoms with van der Waals surface area (Å²) in [6, 6.07) is 3.44. The molecule has 18 heavy (non-hydrogen) atoms. The zero-order valence-electron chi connectivity index (χ0n) is 10.4. The summed E-state index contributed by atoms with van der Waals surface area (Å²) in [4.78, 5) is 11.4. The first-order valence-electron chi connectivity index (χ1n) is 6.09. The Labute approximate surface area is 106 Å². The van der Waals surface area contributed by atoms with Gasteiger partial charge in [-0.25, -0.2) is 8.78 Å². The van der Waals surface area contributed by atoms with Crippen molar-refractivity contribution < 1.29 is 13.6 Å². The van der Waals surface area contributed by atoms with Crippen molar-refractivity contribution in [1.29, 1.82) is 0 Å². The molecule has 0 spiro atoms. The lowest BCUT2D eigenvalue weighted by Gasteiger charge is -2.07. The smallest absolute Gasteiger partial charge is 0.239 e. The number of carbonyl (C=O) groups is 1. The van der Waals surface area contributed by atoms with Crippen LogP contribution in [0, 0.1) is 11.6 Å². The van der Waals surface area contributed by atoms with E-state index in [-0.39, 0.29) is 12.5 Å². The Morgan fingerprint density at radius 3 is 2.67 bits per heavy atom. The third-order valence-corrected chi connectivity index (χ3v) is 2.48. The number of amides is 1. The fourth-order valence-electron chi connectivity index (χ4n) is 1.45. The molecule has 3 nitrogen and oxygen atoms in total. The summed E-state index contributed by atoms with van der Waals surface area (Å²) in [5.41, 5.74) is 0.387. The molecule has 0 unspecified atom stereocenters. The lowest BCUT2D eigenvalue weighted by molar-refractivity contribution is -0.119. The Bertz CT molecular complexity index is 397. The number of rotatable bonds is 7. The highest BCUT2D eigenvalue weighted by Crippen LogP contribution is 2.12. The van der Waals surface area contributed by atoms with Crippen LogP contribution < -0.4 is 10.6 Å². The second-order valence-corrected chi connectivity index (χ2v) is 4.04. The van der Waals surface area contributed by atoms with Gasteiger partial charge in [0.2, 0.25) is 5.91 Å². The molecule has 1 amide bonds. The van der Waals surface area contributed by atoms with Gasteiger partial charge >= 0.3 is 0 Å². The van der Waals surface area contributed by atoms with Crippen molar-refractivity contribution in [3.05, 3.63) is 29.8 Å². The average Bonchev–Trinajstić information content (AvgIpc) is 2.36. The highest BCUT2D eigenvalue weighted by atomic mass is 19.2. The molecular formula is C13H18F2N2O. The van der Waals surface area contributed by atoms with Gasteiger partial charge < -0.3 is 10.6 Å². The molecule has 0 radical (unpaired) electrons. The van der Waals surface area contributed by atoms with Crippen molar-refractivity contribution in [2.75, 3.05) is 18.4 Å². The second kappa shape index (κ2) is 7.63. The summed E-state index contributed by atoms with van der Waals surface area (Å²) in [7, 11) is 0. The second-order valence-electron chi connectivity index (χ2n) is 4.04. The van der Waals surface area contributed by atoms with Crippen molar-refractivity contribution in [3.8, 4) is 0 Å². The third-order valence-electron chi connectivity index (χ3n) is 2.48. The number of halogens is 2. The monoisotopic (exact) mass is 256 g/mol. The lowest BCUT2D eigenvalue weighted by atomic mass is 10.2. The fraction of sp³-hybridized carbons (Fsp3) is 0.462. The van der Waals surface area contributed by atoms with Gasteiger partial charge in [0.15, 0.2) is 11.6 Å². The molecule has 0 heterocycles. The molecule has 0 saturated carbocycles. The number of carbonyl (C=O) groups excluding carboxylic acids is 1. The first kappa shape index (κ1) is 14.4. The van der Waals surface area contributed by atoms with Crippen LogP contribution >= 0.6 is 0 Å². The Balaban J connectivity index is 2.27. The van der Waals surface area contributed by atoms with Crippen molar-refractivity contribution in [3.63, 3.8) is 0 Å². The molecule has 0 aliphatic carbocycles. The topological polar surface area (TPSA) is 41.1 Å². The third kappa shape index (κ3) is 5.12. The summed E-state index contributed by atoms with van der Waals surface area (Å²) in [5.74, 6) is -1.98. The largest absolute Gasteiger partial charge is 0.376 e. The molecule has 0 atom stereocenters. The van der Waals surface area contributed by atoms with Crippen LogP contribution in [0.5, 0.6) is 0 Å². The maximum Gasteiger partial charge on any atom is 0.239 e. The first-order chi connectivity index (χ1) is 8.63. The van der Waals surface area contributed by atoms with E-state index in [4.69, 9.17) is 0 Å². The molecular weight excluding hydrogens is 238 g/mol. The predicted molar refractivity (Wildman–Crippen MR) is 67.4 cm³/mol. The van der Waals surface area contributed by atoms with Gasteiger partial charge in [-0.3, -0.25) is 4.79 Å². The van der Waals surface area contributed by atoms with Gasteiger partial charge in [0.25, 0.3) is 0 Å². The number of benzene rings is 1. The number of hydrogen-bond donors (Lipinski definition) is 2. The molecule has 1 aromatic rings. The van der Waals surface area contributed by atoms with E-state index in [2.05, 4.69) is 17.6 Å². The SMILES string of the molecule is CCCCCNC(=O)CNc1ccc(F)c(F)c1. The van der Waals surface area contributed by atoms with E-state index in [9.17, 15) is 13.6 Å². The molecule has 0 fully saturated rings. The van der Waals surface area contributed by atoms with Crippen LogP contribution in [-0.2, 0) is 4.79 Å². The highest BCUT2D eigenvalue weighted by molar-refractivity contribution is 5.80. The first-order valence-corrected chi connectivity index (χ1v) is 6.09. The zero-order chi connectivity index (χ0) is 13.4. The maximum absolute atomic E-state index is 12.9. The molecule has 0 aromatic heterocycles. The number of nitrogens with one attached hydrogen (secondary N) is 2. The van der Waals surface area contributed by atoms with Crippen molar-refractivity contribution in [1.82, 2.24) is 5.32 Å². The zero-order valence-corrected chi connectivity index (χ0v) is 10.4. The summed E-state index contributed by atoms with van der Waals surface area (Å²) in [6.45, 7) is 2.79. The van der Waals surface area contributed by atoms with Crippen LogP contribution in [0.15, 0.2) is 18.2 Å². The van der Waals surface area contributed by atoms with E-state index < -0.39 is 11.6 Å². The van der Waals surface area contributed by atoms with Crippen LogP contribution in [0.2, 0.25) is 0 Å². The van der Waals surface area contributed by atoms with E-state index in [1.165, 1.54) is 6.07 Å². The minimum atomic E-state index is -0.927. The molecule has 5 heteroatoms. The molecule has 0 bridgehead atoms. The molecule has 1 aromatic carbocycles. The Morgan fingerprint density at radius 1 is 1.22 bits per heavy atom. The van der Waals surface area contributed by atoms with Gasteiger partial charge in [-0.2, -0.15) is 0 Å². The number of hydrogen-bond acceptors (Lipinski definition) is 2. The molecule has 0 aliphatic heterocycles. The summed E-state index contributed by atoms with van der Waals surface area (Å²) >= 11 is 0. The summed E-state index contributed by atoms with van der Waals surface area (Å²) < 4.78 is 25.5. The normalized spacial score (nSPS) is 10.2. The van der Waals surface area contributed by atoms with E-state index in [1.807, 2.05) is 0 Å². The Hall–Kier alpha value is -1.65. The van der Waals surface area contributed by atoms with Gasteiger partial charge in [0, 0.05) is 18.3 Å². The van der Waals surface area contributed by atoms with E-state index in [0.29, 0.717) is 12.2 Å². The lowest BCUT2D eigenvalue weighted by Crippen LogP contribution is -2.30. The van der Waals surface area contributed by atoms with Crippen LogP contribution in [0.3, 0.4) is 0 Å². The fourth-order valence-corrected chi connectivity index (χ4v) is 1.45. The minimum absolute atomic E-state index is 0.0528. The molecule has 2 N–H and O–H groups in total. The highest BCUT2D eigenvalue weighted by Gasteiger charge is 2.04.